The van der Waals surface area contributed by atoms with Gasteiger partial charge in [-0.05, 0) is 107 Å². The van der Waals surface area contributed by atoms with Crippen LogP contribution in [0.5, 0.6) is 0 Å². The molecule has 16 nitrogen and oxygen atoms in total. The van der Waals surface area contributed by atoms with Gasteiger partial charge in [-0.15, -0.1) is 0 Å². The van der Waals surface area contributed by atoms with Crippen molar-refractivity contribution < 1.29 is 67.9 Å². The molecule has 2 fully saturated rings. The van der Waals surface area contributed by atoms with Gasteiger partial charge in [0, 0.05) is 36.8 Å². The third kappa shape index (κ3) is 37.9. The van der Waals surface area contributed by atoms with Gasteiger partial charge in [-0.1, -0.05) is 171 Å². The highest BCUT2D eigenvalue weighted by Crippen LogP contribution is 2.33. The number of hydrogen-bond acceptors (Lipinski definition) is 13. The van der Waals surface area contributed by atoms with Gasteiger partial charge in [0.2, 0.25) is 5.91 Å². The van der Waals surface area contributed by atoms with E-state index in [9.17, 15) is 43.5 Å². The molecule has 0 saturated carbocycles. The summed E-state index contributed by atoms with van der Waals surface area (Å²) < 4.78 is 13.9. The number of aliphatic carboxylic acids is 2. The lowest BCUT2D eigenvalue weighted by Gasteiger charge is -2.40. The first-order chi connectivity index (χ1) is 34.9. The van der Waals surface area contributed by atoms with Crippen LogP contribution in [0, 0.1) is 47.3 Å². The van der Waals surface area contributed by atoms with Crippen molar-refractivity contribution in [1.82, 2.24) is 5.32 Å². The summed E-state index contributed by atoms with van der Waals surface area (Å²) >= 11 is 0. The number of carbonyl (C=O) groups excluding carboxylic acids is 6. The Balaban J connectivity index is -0.000000209. The van der Waals surface area contributed by atoms with Crippen molar-refractivity contribution in [3.05, 3.63) is 0 Å². The number of amides is 1. The first-order valence-corrected chi connectivity index (χ1v) is 28.8. The zero-order valence-electron chi connectivity index (χ0n) is 51.7. The minimum Gasteiger partial charge on any atom is -0.481 e. The van der Waals surface area contributed by atoms with E-state index in [1.165, 1.54) is 6.42 Å². The van der Waals surface area contributed by atoms with E-state index >= 15 is 0 Å². The Kier molecular flexibility index (Phi) is 49.0. The van der Waals surface area contributed by atoms with Gasteiger partial charge in [0.1, 0.15) is 5.60 Å². The maximum absolute atomic E-state index is 12.1. The number of unbranched alkanes of at least 4 members (excludes halogenated alkanes) is 6. The minimum atomic E-state index is -0.754. The highest BCUT2D eigenvalue weighted by molar-refractivity contribution is 5.93. The Morgan fingerprint density at radius 3 is 1.06 bits per heavy atom. The highest BCUT2D eigenvalue weighted by Gasteiger charge is 2.38. The number of carboxylic acids is 2. The van der Waals surface area contributed by atoms with Crippen LogP contribution in [0.1, 0.15) is 282 Å². The molecule has 0 bridgehead atoms. The number of cyclic esters (lactones) is 4. The Morgan fingerprint density at radius 1 is 0.500 bits per heavy atom. The molecule has 2 heterocycles. The van der Waals surface area contributed by atoms with Crippen LogP contribution in [0.3, 0.4) is 0 Å². The molecule has 16 heteroatoms. The number of carboxylic acid groups (broad SMARTS) is 2. The number of rotatable bonds is 28. The normalized spacial score (nSPS) is 17.3. The van der Waals surface area contributed by atoms with E-state index in [-0.39, 0.29) is 82.3 Å². The number of ether oxygens (including phenoxy) is 3. The Hall–Kier alpha value is -3.92. The zero-order chi connectivity index (χ0) is 60.2. The summed E-state index contributed by atoms with van der Waals surface area (Å²) in [5, 5.41) is 30.2. The lowest BCUT2D eigenvalue weighted by Crippen LogP contribution is -2.54. The van der Waals surface area contributed by atoms with Gasteiger partial charge in [-0.2, -0.15) is 0 Å². The van der Waals surface area contributed by atoms with Crippen LogP contribution in [0.15, 0.2) is 0 Å². The smallest absolute Gasteiger partial charge is 0.314 e. The molecule has 0 aromatic carbocycles. The molecule has 6 N–H and O–H groups in total. The van der Waals surface area contributed by atoms with Crippen molar-refractivity contribution >= 4 is 47.7 Å². The fraction of sp³-hybridized carbons (Fsp3) is 0.871. The van der Waals surface area contributed by atoms with Crippen molar-refractivity contribution in [1.29, 1.82) is 0 Å². The quantitative estimate of drug-likeness (QED) is 0.0211. The second kappa shape index (κ2) is 44.8. The third-order valence-electron chi connectivity index (χ3n) is 16.6. The van der Waals surface area contributed by atoms with Crippen molar-refractivity contribution in [3.63, 3.8) is 0 Å². The van der Waals surface area contributed by atoms with Gasteiger partial charge in [0.15, 0.2) is 0 Å². The number of nitrogens with one attached hydrogen (secondary N) is 1. The Bertz CT molecular complexity index is 1530. The molecule has 8 unspecified atom stereocenters. The van der Waals surface area contributed by atoms with Crippen molar-refractivity contribution in [2.45, 2.75) is 304 Å². The fourth-order valence-corrected chi connectivity index (χ4v) is 7.78. The van der Waals surface area contributed by atoms with Crippen LogP contribution >= 0.6 is 0 Å². The largest absolute Gasteiger partial charge is 0.481 e. The van der Waals surface area contributed by atoms with E-state index < -0.39 is 47.0 Å². The maximum Gasteiger partial charge on any atom is 0.314 e. The topological polar surface area (TPSA) is 263 Å². The first kappa shape index (κ1) is 85.4. The minimum absolute atomic E-state index is 0. The van der Waals surface area contributed by atoms with Gasteiger partial charge in [0.05, 0.1) is 31.3 Å². The van der Waals surface area contributed by atoms with E-state index in [1.54, 1.807) is 0 Å². The predicted molar refractivity (Wildman–Crippen MR) is 316 cm³/mol. The van der Waals surface area contributed by atoms with Crippen molar-refractivity contribution in [2.24, 2.45) is 53.1 Å². The number of nitrogens with two attached hydrogens (primary N) is 1. The molecule has 78 heavy (non-hydrogen) atoms. The lowest BCUT2D eigenvalue weighted by atomic mass is 9.76. The molecule has 0 aromatic heterocycles. The lowest BCUT2D eigenvalue weighted by molar-refractivity contribution is -0.170. The molecule has 2 rings (SSSR count). The summed E-state index contributed by atoms with van der Waals surface area (Å²) in [5.41, 5.74) is 5.07. The van der Waals surface area contributed by atoms with Crippen LogP contribution in [0.4, 0.5) is 0 Å². The van der Waals surface area contributed by atoms with Crippen LogP contribution in [-0.4, -0.2) is 85.3 Å². The van der Waals surface area contributed by atoms with Gasteiger partial charge < -0.3 is 40.6 Å². The van der Waals surface area contributed by atoms with E-state index in [0.29, 0.717) is 67.1 Å². The third-order valence-corrected chi connectivity index (χ3v) is 16.6. The molecule has 0 aliphatic carbocycles. The van der Waals surface area contributed by atoms with E-state index in [0.717, 1.165) is 57.8 Å². The summed E-state index contributed by atoms with van der Waals surface area (Å²) in [4.78, 5) is 84.9. The molecule has 8 atom stereocenters. The number of aliphatic hydroxyl groups is 1. The standard InChI is InChI=1S/C17H33NO3.C17H32O4.C9H21N.C9H20O.2C4H4O3.2CH4/c1-6-14(4)17(5,13(2)3)18-15(19)11-9-7-8-10-12-16(20)21;1-6-14(4)17(5,13(2)3)21-16(20)12-10-8-7-9-11-15(18)19;2*1-6-8(4)9(5,10)7(2)3;2*5-3-1-2-4(6)7-3;;/h13-14H,6-12H2,1-5H3,(H,18,19)(H,20,21);13-14H,6-12H2,1-5H3,(H,18,19);7-8H,6,10H2,1-5H3;7-8,10H,6H2,1-5H3;2*1-2H2;2*1H4. The van der Waals surface area contributed by atoms with Crippen LogP contribution in [-0.2, 0) is 52.6 Å². The van der Waals surface area contributed by atoms with E-state index in [2.05, 4.69) is 139 Å². The average Bonchev–Trinajstić information content (AvgIpc) is 3.93. The van der Waals surface area contributed by atoms with Gasteiger partial charge in [0.25, 0.3) is 0 Å². The molecular formula is C62H122N2O14. The van der Waals surface area contributed by atoms with E-state index in [1.807, 2.05) is 13.8 Å². The molecule has 0 radical (unpaired) electrons. The number of hydrogen-bond donors (Lipinski definition) is 5. The second-order valence-corrected chi connectivity index (χ2v) is 23.2. The maximum atomic E-state index is 12.1. The van der Waals surface area contributed by atoms with Gasteiger partial charge in [-0.25, -0.2) is 0 Å². The highest BCUT2D eigenvalue weighted by atomic mass is 16.6. The zero-order valence-corrected chi connectivity index (χ0v) is 51.7. The summed E-state index contributed by atoms with van der Waals surface area (Å²) in [7, 11) is 0. The molecule has 0 spiro atoms. The number of carbonyl (C=O) groups is 8. The SMILES string of the molecule is C.C.CCC(C)C(C)(N)C(C)C.CCC(C)C(C)(NC(=O)CCCCCCC(=O)O)C(C)C.CCC(C)C(C)(O)C(C)C.CCC(C)C(C)(OC(=O)CCCCCCC(=O)O)C(C)C.O=C1CCC(=O)O1.O=C1CCC(=O)O1. The van der Waals surface area contributed by atoms with Crippen LogP contribution in [0.2, 0.25) is 0 Å². The molecule has 464 valence electrons. The van der Waals surface area contributed by atoms with Crippen molar-refractivity contribution in [2.75, 3.05) is 0 Å². The summed E-state index contributed by atoms with van der Waals surface area (Å²) in [6.45, 7) is 42.4. The molecule has 2 aliphatic heterocycles. The van der Waals surface area contributed by atoms with Crippen LogP contribution < -0.4 is 11.1 Å². The van der Waals surface area contributed by atoms with Gasteiger partial charge in [-0.3, -0.25) is 38.4 Å². The molecular weight excluding hydrogens is 997 g/mol. The number of esters is 5. The van der Waals surface area contributed by atoms with Crippen LogP contribution in [0.25, 0.3) is 0 Å². The summed E-state index contributed by atoms with van der Waals surface area (Å²) in [6, 6.07) is 0. The summed E-state index contributed by atoms with van der Waals surface area (Å²) in [5.74, 6) is 0.280. The first-order valence-electron chi connectivity index (χ1n) is 28.8. The monoisotopic (exact) mass is 1120 g/mol. The van der Waals surface area contributed by atoms with E-state index in [4.69, 9.17) is 20.7 Å². The predicted octanol–water partition coefficient (Wildman–Crippen LogP) is 14.2. The Labute approximate surface area is 476 Å². The molecule has 0 aromatic rings. The fourth-order valence-electron chi connectivity index (χ4n) is 7.78. The Morgan fingerprint density at radius 2 is 0.833 bits per heavy atom. The molecule has 2 aliphatic rings. The molecule has 1 amide bonds. The average molecular weight is 1120 g/mol. The molecule has 2 saturated heterocycles. The second-order valence-electron chi connectivity index (χ2n) is 23.2. The van der Waals surface area contributed by atoms with Gasteiger partial charge >= 0.3 is 41.8 Å². The summed E-state index contributed by atoms with van der Waals surface area (Å²) in [6.07, 6.45) is 13.2. The van der Waals surface area contributed by atoms with Crippen molar-refractivity contribution in [3.8, 4) is 0 Å².